The number of alkyl halides is 3. The fraction of sp³-hybridized carbons (Fsp3) is 0.533. The summed E-state index contributed by atoms with van der Waals surface area (Å²) >= 11 is 0. The van der Waals surface area contributed by atoms with Gasteiger partial charge in [-0.2, -0.15) is 13.2 Å². The van der Waals surface area contributed by atoms with Crippen LogP contribution < -0.4 is 11.1 Å². The van der Waals surface area contributed by atoms with Crippen molar-refractivity contribution in [2.75, 3.05) is 6.54 Å². The third kappa shape index (κ3) is 3.31. The molecule has 1 aromatic carbocycles. The normalized spacial score (nSPS) is 21.2. The van der Waals surface area contributed by atoms with Crippen LogP contribution in [0, 0.1) is 0 Å². The first-order valence-electron chi connectivity index (χ1n) is 7.13. The molecule has 0 heterocycles. The van der Waals surface area contributed by atoms with E-state index in [-0.39, 0.29) is 5.41 Å². The van der Waals surface area contributed by atoms with Gasteiger partial charge in [0, 0.05) is 11.5 Å². The Morgan fingerprint density at radius 1 is 1.33 bits per heavy atom. The van der Waals surface area contributed by atoms with E-state index >= 15 is 0 Å². The minimum atomic E-state index is -4.30. The topological polar surface area (TPSA) is 50.4 Å². The summed E-state index contributed by atoms with van der Waals surface area (Å²) in [5.74, 6) is 0.399. The van der Waals surface area contributed by atoms with E-state index in [2.05, 4.69) is 10.3 Å². The van der Waals surface area contributed by atoms with Gasteiger partial charge in [-0.1, -0.05) is 18.2 Å². The fourth-order valence-electron chi connectivity index (χ4n) is 2.43. The average molecular weight is 297 g/mol. The summed E-state index contributed by atoms with van der Waals surface area (Å²) in [6, 6.07) is 5.99. The fourth-order valence-corrected chi connectivity index (χ4v) is 2.43. The Kier molecular flexibility index (Phi) is 3.34. The van der Waals surface area contributed by atoms with Gasteiger partial charge in [0.2, 0.25) is 0 Å². The number of aliphatic imine (C=N–C) groups is 1. The first-order valence-corrected chi connectivity index (χ1v) is 7.13. The van der Waals surface area contributed by atoms with Gasteiger partial charge < -0.3 is 11.1 Å². The maximum absolute atomic E-state index is 12.8. The van der Waals surface area contributed by atoms with Crippen LogP contribution in [-0.4, -0.2) is 18.5 Å². The van der Waals surface area contributed by atoms with Crippen LogP contribution in [0.4, 0.5) is 13.2 Å². The average Bonchev–Trinajstić information content (AvgIpc) is 3.32. The smallest absolute Gasteiger partial charge is 0.370 e. The lowest BCUT2D eigenvalue weighted by molar-refractivity contribution is -0.137. The van der Waals surface area contributed by atoms with Crippen LogP contribution >= 0.6 is 0 Å². The Balaban J connectivity index is 1.73. The maximum atomic E-state index is 12.8. The first-order chi connectivity index (χ1) is 9.89. The zero-order chi connectivity index (χ0) is 15.1. The van der Waals surface area contributed by atoms with Crippen molar-refractivity contribution in [3.8, 4) is 0 Å². The van der Waals surface area contributed by atoms with Gasteiger partial charge in [0.15, 0.2) is 5.96 Å². The van der Waals surface area contributed by atoms with Crippen LogP contribution in [0.15, 0.2) is 29.3 Å². The van der Waals surface area contributed by atoms with Gasteiger partial charge in [0.05, 0.1) is 12.1 Å². The maximum Gasteiger partial charge on any atom is 0.416 e. The van der Waals surface area contributed by atoms with Crippen molar-refractivity contribution in [2.45, 2.75) is 43.3 Å². The zero-order valence-electron chi connectivity index (χ0n) is 11.6. The predicted octanol–water partition coefficient (Wildman–Crippen LogP) is 2.80. The molecule has 0 bridgehead atoms. The monoisotopic (exact) mass is 297 g/mol. The van der Waals surface area contributed by atoms with Crippen LogP contribution in [0.1, 0.15) is 36.8 Å². The summed E-state index contributed by atoms with van der Waals surface area (Å²) in [5.41, 5.74) is 5.63. The number of nitrogens with two attached hydrogens (primary N) is 1. The van der Waals surface area contributed by atoms with Crippen molar-refractivity contribution in [2.24, 2.45) is 10.7 Å². The number of nitrogens with one attached hydrogen (secondary N) is 1. The second kappa shape index (κ2) is 4.93. The first kappa shape index (κ1) is 14.2. The van der Waals surface area contributed by atoms with Crippen molar-refractivity contribution in [1.82, 2.24) is 5.32 Å². The lowest BCUT2D eigenvalue weighted by Crippen LogP contribution is -2.34. The Hall–Kier alpha value is -1.72. The van der Waals surface area contributed by atoms with Crippen LogP contribution in [0.3, 0.4) is 0 Å². The van der Waals surface area contributed by atoms with Gasteiger partial charge in [-0.3, -0.25) is 4.99 Å². The van der Waals surface area contributed by atoms with E-state index in [0.717, 1.165) is 31.7 Å². The van der Waals surface area contributed by atoms with Gasteiger partial charge in [-0.15, -0.1) is 0 Å². The van der Waals surface area contributed by atoms with E-state index in [9.17, 15) is 13.2 Å². The molecule has 1 aromatic rings. The summed E-state index contributed by atoms with van der Waals surface area (Å²) in [6.45, 7) is 0.444. The minimum absolute atomic E-state index is 0.267. The van der Waals surface area contributed by atoms with Crippen LogP contribution in [0.2, 0.25) is 0 Å². The molecule has 2 aliphatic carbocycles. The van der Waals surface area contributed by atoms with Gasteiger partial charge in [-0.25, -0.2) is 0 Å². The van der Waals surface area contributed by atoms with E-state index in [0.29, 0.717) is 24.1 Å². The Morgan fingerprint density at radius 2 is 2.05 bits per heavy atom. The summed E-state index contributed by atoms with van der Waals surface area (Å²) in [4.78, 5) is 4.31. The van der Waals surface area contributed by atoms with Crippen molar-refractivity contribution < 1.29 is 13.2 Å². The van der Waals surface area contributed by atoms with Gasteiger partial charge in [0.1, 0.15) is 0 Å². The lowest BCUT2D eigenvalue weighted by atomic mass is 9.94. The van der Waals surface area contributed by atoms with E-state index in [1.165, 1.54) is 12.1 Å². The number of rotatable bonds is 4. The summed E-state index contributed by atoms with van der Waals surface area (Å²) in [5, 5.41) is 3.09. The van der Waals surface area contributed by atoms with Gasteiger partial charge >= 0.3 is 6.18 Å². The van der Waals surface area contributed by atoms with E-state index in [4.69, 9.17) is 5.73 Å². The molecule has 2 fully saturated rings. The molecule has 114 valence electrons. The quantitative estimate of drug-likeness (QED) is 0.663. The lowest BCUT2D eigenvalue weighted by Gasteiger charge is -2.16. The van der Waals surface area contributed by atoms with Crippen LogP contribution in [0.25, 0.3) is 0 Å². The van der Waals surface area contributed by atoms with E-state index in [1.807, 2.05) is 0 Å². The van der Waals surface area contributed by atoms with Crippen LogP contribution in [0.5, 0.6) is 0 Å². The number of halogens is 3. The molecule has 3 rings (SSSR count). The molecule has 0 radical (unpaired) electrons. The molecule has 0 unspecified atom stereocenters. The Bertz CT molecular complexity index is 558. The molecule has 6 heteroatoms. The molecular weight excluding hydrogens is 279 g/mol. The van der Waals surface area contributed by atoms with Gasteiger partial charge in [-0.05, 0) is 37.3 Å². The Labute approximate surface area is 121 Å². The van der Waals surface area contributed by atoms with E-state index in [1.54, 1.807) is 6.07 Å². The molecule has 21 heavy (non-hydrogen) atoms. The summed E-state index contributed by atoms with van der Waals surface area (Å²) in [7, 11) is 0. The van der Waals surface area contributed by atoms with Crippen LogP contribution in [-0.2, 0) is 11.6 Å². The Morgan fingerprint density at radius 3 is 2.62 bits per heavy atom. The third-order valence-electron chi connectivity index (χ3n) is 4.14. The second-order valence-electron chi connectivity index (χ2n) is 5.98. The molecule has 2 saturated carbocycles. The van der Waals surface area contributed by atoms with Crippen molar-refractivity contribution >= 4 is 5.96 Å². The molecular formula is C15H18F3N3. The van der Waals surface area contributed by atoms with Crippen molar-refractivity contribution in [3.05, 3.63) is 35.4 Å². The molecule has 3 N–H and O–H groups in total. The zero-order valence-corrected chi connectivity index (χ0v) is 11.6. The summed E-state index contributed by atoms with van der Waals surface area (Å²) in [6.07, 6.45) is -0.380. The number of hydrogen-bond donors (Lipinski definition) is 2. The molecule has 0 saturated heterocycles. The standard InChI is InChI=1S/C15H18F3N3/c16-15(17,18)11-3-1-2-10(8-11)14(6-7-14)9-20-13(19)21-12-4-5-12/h1-3,8,12H,4-7,9H2,(H3,19,20,21). The third-order valence-corrected chi connectivity index (χ3v) is 4.14. The predicted molar refractivity (Wildman–Crippen MR) is 75.0 cm³/mol. The highest BCUT2D eigenvalue weighted by molar-refractivity contribution is 5.78. The second-order valence-corrected chi connectivity index (χ2v) is 5.98. The van der Waals surface area contributed by atoms with E-state index < -0.39 is 11.7 Å². The molecule has 3 nitrogen and oxygen atoms in total. The number of nitrogens with zero attached hydrogens (tertiary/aromatic N) is 1. The van der Waals surface area contributed by atoms with Crippen molar-refractivity contribution in [3.63, 3.8) is 0 Å². The molecule has 0 aromatic heterocycles. The number of hydrogen-bond acceptors (Lipinski definition) is 1. The largest absolute Gasteiger partial charge is 0.416 e. The number of guanidine groups is 1. The minimum Gasteiger partial charge on any atom is -0.370 e. The SMILES string of the molecule is NC(=NCC1(c2cccc(C(F)(F)F)c2)CC1)NC1CC1. The molecule has 0 aliphatic heterocycles. The van der Waals surface area contributed by atoms with Crippen molar-refractivity contribution in [1.29, 1.82) is 0 Å². The highest BCUT2D eigenvalue weighted by Crippen LogP contribution is 2.49. The van der Waals surface area contributed by atoms with Gasteiger partial charge in [0.25, 0.3) is 0 Å². The number of benzene rings is 1. The molecule has 2 aliphatic rings. The molecule has 0 atom stereocenters. The highest BCUT2D eigenvalue weighted by atomic mass is 19.4. The highest BCUT2D eigenvalue weighted by Gasteiger charge is 2.45. The molecule has 0 spiro atoms. The summed E-state index contributed by atoms with van der Waals surface area (Å²) < 4.78 is 38.4. The molecule has 0 amide bonds.